The van der Waals surface area contributed by atoms with Crippen molar-refractivity contribution in [3.05, 3.63) is 58.4 Å². The molecule has 0 aliphatic carbocycles. The van der Waals surface area contributed by atoms with E-state index in [2.05, 4.69) is 0 Å². The molecule has 0 bridgehead atoms. The Morgan fingerprint density at radius 1 is 1.22 bits per heavy atom. The van der Waals surface area contributed by atoms with Crippen LogP contribution in [-0.2, 0) is 0 Å². The first-order valence-electron chi connectivity index (χ1n) is 5.28. The van der Waals surface area contributed by atoms with E-state index < -0.39 is 5.97 Å². The van der Waals surface area contributed by atoms with Crippen molar-refractivity contribution >= 4 is 17.6 Å². The van der Waals surface area contributed by atoms with Gasteiger partial charge in [0.25, 0.3) is 0 Å². The fraction of sp³-hybridized carbons (Fsp3) is 0.0714. The molecular formula is C14H10ClFO2. The summed E-state index contributed by atoms with van der Waals surface area (Å²) in [7, 11) is 0. The maximum atomic E-state index is 13.5. The van der Waals surface area contributed by atoms with Crippen molar-refractivity contribution in [2.75, 3.05) is 0 Å². The van der Waals surface area contributed by atoms with Crippen LogP contribution in [0.2, 0.25) is 5.02 Å². The predicted molar refractivity (Wildman–Crippen MR) is 68.5 cm³/mol. The average molecular weight is 265 g/mol. The summed E-state index contributed by atoms with van der Waals surface area (Å²) in [5.41, 5.74) is 1.90. The zero-order valence-electron chi connectivity index (χ0n) is 9.58. The lowest BCUT2D eigenvalue weighted by Gasteiger charge is -2.07. The number of benzene rings is 2. The number of carbonyl (C=O) groups is 1. The molecule has 0 radical (unpaired) electrons. The Morgan fingerprint density at radius 3 is 2.39 bits per heavy atom. The predicted octanol–water partition coefficient (Wildman–Crippen LogP) is 4.15. The van der Waals surface area contributed by atoms with Crippen molar-refractivity contribution in [1.82, 2.24) is 0 Å². The van der Waals surface area contributed by atoms with Gasteiger partial charge in [0.2, 0.25) is 0 Å². The summed E-state index contributed by atoms with van der Waals surface area (Å²) in [6.07, 6.45) is 0. The van der Waals surface area contributed by atoms with Gasteiger partial charge in [-0.1, -0.05) is 23.7 Å². The van der Waals surface area contributed by atoms with E-state index in [-0.39, 0.29) is 11.4 Å². The lowest BCUT2D eigenvalue weighted by molar-refractivity contribution is 0.0697. The van der Waals surface area contributed by atoms with E-state index in [4.69, 9.17) is 16.7 Å². The molecule has 2 rings (SSSR count). The second-order valence-corrected chi connectivity index (χ2v) is 4.37. The standard InChI is InChI=1S/C14H10ClFO2/c1-8-6-12(15)11(7-13(8)16)9-2-4-10(5-3-9)14(17)18/h2-7H,1H3,(H,17,18). The third-order valence-corrected chi connectivity index (χ3v) is 3.00. The summed E-state index contributed by atoms with van der Waals surface area (Å²) in [6, 6.07) is 9.06. The smallest absolute Gasteiger partial charge is 0.335 e. The molecule has 0 amide bonds. The Hall–Kier alpha value is -1.87. The second-order valence-electron chi connectivity index (χ2n) is 3.96. The summed E-state index contributed by atoms with van der Waals surface area (Å²) in [5.74, 6) is -1.33. The Balaban J connectivity index is 2.49. The van der Waals surface area contributed by atoms with Gasteiger partial charge in [-0.05, 0) is 42.3 Å². The van der Waals surface area contributed by atoms with Crippen molar-refractivity contribution in [3.63, 3.8) is 0 Å². The minimum absolute atomic E-state index is 0.183. The van der Waals surface area contributed by atoms with Crippen LogP contribution in [0.3, 0.4) is 0 Å². The van der Waals surface area contributed by atoms with Crippen LogP contribution < -0.4 is 0 Å². The number of hydrogen-bond donors (Lipinski definition) is 1. The van der Waals surface area contributed by atoms with Gasteiger partial charge in [-0.2, -0.15) is 0 Å². The Morgan fingerprint density at radius 2 is 1.83 bits per heavy atom. The number of aromatic carboxylic acids is 1. The highest BCUT2D eigenvalue weighted by atomic mass is 35.5. The first-order chi connectivity index (χ1) is 8.49. The van der Waals surface area contributed by atoms with E-state index >= 15 is 0 Å². The normalized spacial score (nSPS) is 10.4. The van der Waals surface area contributed by atoms with Gasteiger partial charge in [-0.15, -0.1) is 0 Å². The van der Waals surface area contributed by atoms with Gasteiger partial charge in [0.15, 0.2) is 0 Å². The molecule has 18 heavy (non-hydrogen) atoms. The van der Waals surface area contributed by atoms with Crippen LogP contribution in [0.15, 0.2) is 36.4 Å². The first kappa shape index (κ1) is 12.6. The average Bonchev–Trinajstić information content (AvgIpc) is 2.34. The largest absolute Gasteiger partial charge is 0.478 e. The molecule has 92 valence electrons. The van der Waals surface area contributed by atoms with E-state index in [9.17, 15) is 9.18 Å². The lowest BCUT2D eigenvalue weighted by Crippen LogP contribution is -1.95. The molecule has 0 saturated heterocycles. The van der Waals surface area contributed by atoms with E-state index in [1.807, 2.05) is 0 Å². The SMILES string of the molecule is Cc1cc(Cl)c(-c2ccc(C(=O)O)cc2)cc1F. The number of halogens is 2. The topological polar surface area (TPSA) is 37.3 Å². The number of carboxylic acids is 1. The van der Waals surface area contributed by atoms with Gasteiger partial charge in [-0.3, -0.25) is 0 Å². The van der Waals surface area contributed by atoms with Crippen LogP contribution in [-0.4, -0.2) is 11.1 Å². The zero-order chi connectivity index (χ0) is 13.3. The minimum atomic E-state index is -0.997. The summed E-state index contributed by atoms with van der Waals surface area (Å²) in [4.78, 5) is 10.7. The molecule has 0 aromatic heterocycles. The van der Waals surface area contributed by atoms with Gasteiger partial charge >= 0.3 is 5.97 Å². The zero-order valence-corrected chi connectivity index (χ0v) is 10.3. The maximum absolute atomic E-state index is 13.5. The molecule has 0 unspecified atom stereocenters. The lowest BCUT2D eigenvalue weighted by atomic mass is 10.0. The van der Waals surface area contributed by atoms with E-state index in [0.29, 0.717) is 21.7 Å². The summed E-state index contributed by atoms with van der Waals surface area (Å²) in [5, 5.41) is 9.24. The van der Waals surface area contributed by atoms with Crippen LogP contribution in [0.1, 0.15) is 15.9 Å². The second kappa shape index (κ2) is 4.78. The van der Waals surface area contributed by atoms with Crippen LogP contribution in [0, 0.1) is 12.7 Å². The van der Waals surface area contributed by atoms with E-state index in [1.54, 1.807) is 25.1 Å². The van der Waals surface area contributed by atoms with Crippen molar-refractivity contribution in [2.45, 2.75) is 6.92 Å². The summed E-state index contributed by atoms with van der Waals surface area (Å²) < 4.78 is 13.5. The van der Waals surface area contributed by atoms with Gasteiger partial charge in [0, 0.05) is 10.6 Å². The molecule has 0 aliphatic heterocycles. The Kier molecular flexibility index (Phi) is 3.34. The number of hydrogen-bond acceptors (Lipinski definition) is 1. The minimum Gasteiger partial charge on any atom is -0.478 e. The Labute approximate surface area is 109 Å². The summed E-state index contributed by atoms with van der Waals surface area (Å²) >= 11 is 6.06. The number of carboxylic acid groups (broad SMARTS) is 1. The van der Waals surface area contributed by atoms with Gasteiger partial charge in [0.1, 0.15) is 5.82 Å². The molecule has 0 aliphatic rings. The molecule has 0 saturated carbocycles. The highest BCUT2D eigenvalue weighted by molar-refractivity contribution is 6.33. The van der Waals surface area contributed by atoms with Crippen LogP contribution in [0.4, 0.5) is 4.39 Å². The molecule has 0 atom stereocenters. The molecule has 0 spiro atoms. The quantitative estimate of drug-likeness (QED) is 0.885. The first-order valence-corrected chi connectivity index (χ1v) is 5.66. The summed E-state index contributed by atoms with van der Waals surface area (Å²) in [6.45, 7) is 1.64. The third-order valence-electron chi connectivity index (χ3n) is 2.69. The highest BCUT2D eigenvalue weighted by Crippen LogP contribution is 2.30. The fourth-order valence-electron chi connectivity index (χ4n) is 1.66. The van der Waals surface area contributed by atoms with Crippen LogP contribution >= 0.6 is 11.6 Å². The molecule has 2 nitrogen and oxygen atoms in total. The third kappa shape index (κ3) is 2.36. The van der Waals surface area contributed by atoms with Gasteiger partial charge in [-0.25, -0.2) is 9.18 Å². The van der Waals surface area contributed by atoms with Crippen LogP contribution in [0.25, 0.3) is 11.1 Å². The van der Waals surface area contributed by atoms with Crippen molar-refractivity contribution in [3.8, 4) is 11.1 Å². The molecule has 4 heteroatoms. The van der Waals surface area contributed by atoms with Crippen molar-refractivity contribution < 1.29 is 14.3 Å². The van der Waals surface area contributed by atoms with Gasteiger partial charge < -0.3 is 5.11 Å². The van der Waals surface area contributed by atoms with E-state index in [1.165, 1.54) is 18.2 Å². The molecule has 1 N–H and O–H groups in total. The number of rotatable bonds is 2. The van der Waals surface area contributed by atoms with Crippen LogP contribution in [0.5, 0.6) is 0 Å². The van der Waals surface area contributed by atoms with E-state index in [0.717, 1.165) is 0 Å². The highest BCUT2D eigenvalue weighted by Gasteiger charge is 2.09. The van der Waals surface area contributed by atoms with Crippen molar-refractivity contribution in [2.24, 2.45) is 0 Å². The molecule has 2 aromatic rings. The fourth-order valence-corrected chi connectivity index (χ4v) is 1.99. The Bertz CT molecular complexity index is 606. The molecule has 2 aromatic carbocycles. The van der Waals surface area contributed by atoms with Crippen molar-refractivity contribution in [1.29, 1.82) is 0 Å². The molecular weight excluding hydrogens is 255 g/mol. The number of aryl methyl sites for hydroxylation is 1. The maximum Gasteiger partial charge on any atom is 0.335 e. The molecule has 0 heterocycles. The monoisotopic (exact) mass is 264 g/mol. The van der Waals surface area contributed by atoms with Gasteiger partial charge in [0.05, 0.1) is 5.56 Å². The molecule has 0 fully saturated rings.